The number of aromatic hydroxyl groups is 1. The molecule has 5 nitrogen and oxygen atoms in total. The second-order valence-electron chi connectivity index (χ2n) is 4.27. The van der Waals surface area contributed by atoms with Gasteiger partial charge in [-0.3, -0.25) is 4.68 Å². The van der Waals surface area contributed by atoms with E-state index in [1.807, 2.05) is 17.7 Å². The maximum absolute atomic E-state index is 9.52. The molecule has 2 rings (SSSR count). The number of hydrogen-bond acceptors (Lipinski definition) is 4. The maximum Gasteiger partial charge on any atom is 0.146 e. The van der Waals surface area contributed by atoms with Crippen molar-refractivity contribution >= 4 is 5.69 Å². The van der Waals surface area contributed by atoms with E-state index < -0.39 is 0 Å². The van der Waals surface area contributed by atoms with Crippen molar-refractivity contribution < 1.29 is 9.84 Å². The molecule has 102 valence electrons. The molecule has 0 aliphatic carbocycles. The third kappa shape index (κ3) is 2.81. The lowest BCUT2D eigenvalue weighted by Gasteiger charge is -2.10. The van der Waals surface area contributed by atoms with Crippen LogP contribution in [0.3, 0.4) is 0 Å². The molecule has 0 atom stereocenters. The standard InChI is InChI=1S/C14H19N3O2/c1-3-10-8-11(17(4-2)16-10)9-19-13-7-5-6-12(18)14(13)15/h5-8,18H,3-4,9,15H2,1-2H3. The minimum Gasteiger partial charge on any atom is -0.506 e. The lowest BCUT2D eigenvalue weighted by Crippen LogP contribution is -2.07. The molecule has 3 N–H and O–H groups in total. The molecule has 0 spiro atoms. The summed E-state index contributed by atoms with van der Waals surface area (Å²) in [4.78, 5) is 0. The number of benzene rings is 1. The molecule has 2 aromatic rings. The van der Waals surface area contributed by atoms with Crippen molar-refractivity contribution in [3.63, 3.8) is 0 Å². The second-order valence-corrected chi connectivity index (χ2v) is 4.27. The van der Waals surface area contributed by atoms with Crippen LogP contribution in [0.4, 0.5) is 5.69 Å². The molecule has 0 aliphatic heterocycles. The number of anilines is 1. The van der Waals surface area contributed by atoms with E-state index in [-0.39, 0.29) is 11.4 Å². The molecule has 0 aliphatic rings. The Kier molecular flexibility index (Phi) is 3.94. The third-order valence-electron chi connectivity index (χ3n) is 2.99. The fourth-order valence-corrected chi connectivity index (χ4v) is 1.89. The second kappa shape index (κ2) is 5.65. The highest BCUT2D eigenvalue weighted by atomic mass is 16.5. The zero-order valence-corrected chi connectivity index (χ0v) is 11.3. The highest BCUT2D eigenvalue weighted by Crippen LogP contribution is 2.30. The first-order valence-corrected chi connectivity index (χ1v) is 6.41. The normalized spacial score (nSPS) is 10.6. The van der Waals surface area contributed by atoms with Crippen LogP contribution in [0.1, 0.15) is 25.2 Å². The summed E-state index contributed by atoms with van der Waals surface area (Å²) in [6.07, 6.45) is 0.897. The van der Waals surface area contributed by atoms with Crippen LogP contribution in [0.5, 0.6) is 11.5 Å². The number of aryl methyl sites for hydroxylation is 2. The summed E-state index contributed by atoms with van der Waals surface area (Å²) < 4.78 is 7.57. The van der Waals surface area contributed by atoms with Gasteiger partial charge in [-0.25, -0.2) is 0 Å². The predicted octanol–water partition coefficient (Wildman–Crippen LogP) is 2.33. The molecule has 1 heterocycles. The van der Waals surface area contributed by atoms with Gasteiger partial charge in [-0.05, 0) is 31.5 Å². The first-order valence-electron chi connectivity index (χ1n) is 6.41. The highest BCUT2D eigenvalue weighted by Gasteiger charge is 2.09. The van der Waals surface area contributed by atoms with Crippen LogP contribution >= 0.6 is 0 Å². The van der Waals surface area contributed by atoms with E-state index in [1.54, 1.807) is 12.1 Å². The predicted molar refractivity (Wildman–Crippen MR) is 74.1 cm³/mol. The van der Waals surface area contributed by atoms with Gasteiger partial charge in [0, 0.05) is 6.54 Å². The van der Waals surface area contributed by atoms with Crippen molar-refractivity contribution in [1.29, 1.82) is 0 Å². The SMILES string of the molecule is CCc1cc(COc2cccc(O)c2N)n(CC)n1. The fourth-order valence-electron chi connectivity index (χ4n) is 1.89. The van der Waals surface area contributed by atoms with E-state index in [9.17, 15) is 5.11 Å². The Bertz CT molecular complexity index is 564. The number of phenols is 1. The Balaban J connectivity index is 2.14. The van der Waals surface area contributed by atoms with Crippen molar-refractivity contribution in [2.45, 2.75) is 33.4 Å². The van der Waals surface area contributed by atoms with Crippen LogP contribution in [-0.2, 0) is 19.6 Å². The van der Waals surface area contributed by atoms with Crippen molar-refractivity contribution in [3.05, 3.63) is 35.7 Å². The van der Waals surface area contributed by atoms with Crippen LogP contribution in [0, 0.1) is 0 Å². The Morgan fingerprint density at radius 3 is 2.84 bits per heavy atom. The molecule has 0 unspecified atom stereocenters. The third-order valence-corrected chi connectivity index (χ3v) is 2.99. The van der Waals surface area contributed by atoms with Gasteiger partial charge in [0.15, 0.2) is 0 Å². The summed E-state index contributed by atoms with van der Waals surface area (Å²) >= 11 is 0. The summed E-state index contributed by atoms with van der Waals surface area (Å²) in [7, 11) is 0. The van der Waals surface area contributed by atoms with E-state index in [0.717, 1.165) is 24.4 Å². The van der Waals surface area contributed by atoms with Crippen molar-refractivity contribution in [2.24, 2.45) is 0 Å². The van der Waals surface area contributed by atoms with Gasteiger partial charge in [-0.15, -0.1) is 0 Å². The highest BCUT2D eigenvalue weighted by molar-refractivity contribution is 5.61. The number of nitrogens with two attached hydrogens (primary N) is 1. The molecule has 19 heavy (non-hydrogen) atoms. The number of nitrogens with zero attached hydrogens (tertiary/aromatic N) is 2. The van der Waals surface area contributed by atoms with E-state index in [1.165, 1.54) is 6.07 Å². The van der Waals surface area contributed by atoms with Gasteiger partial charge < -0.3 is 15.6 Å². The Labute approximate surface area is 112 Å². The number of nitrogen functional groups attached to an aromatic ring is 1. The zero-order valence-electron chi connectivity index (χ0n) is 11.3. The molecular formula is C14H19N3O2. The average Bonchev–Trinajstić information content (AvgIpc) is 2.83. The molecule has 0 amide bonds. The minimum absolute atomic E-state index is 0.0377. The number of aromatic nitrogens is 2. The number of para-hydroxylation sites is 1. The zero-order chi connectivity index (χ0) is 13.8. The quantitative estimate of drug-likeness (QED) is 0.640. The minimum atomic E-state index is 0.0377. The van der Waals surface area contributed by atoms with Crippen molar-refractivity contribution in [1.82, 2.24) is 9.78 Å². The lowest BCUT2D eigenvalue weighted by molar-refractivity contribution is 0.293. The summed E-state index contributed by atoms with van der Waals surface area (Å²) in [6, 6.07) is 7.01. The molecular weight excluding hydrogens is 242 g/mol. The summed E-state index contributed by atoms with van der Waals surface area (Å²) in [5, 5.41) is 14.0. The number of phenolic OH excluding ortho intramolecular Hbond substituents is 1. The number of rotatable bonds is 5. The van der Waals surface area contributed by atoms with Gasteiger partial charge in [0.05, 0.1) is 11.4 Å². The Hall–Kier alpha value is -2.17. The molecule has 0 saturated heterocycles. The van der Waals surface area contributed by atoms with Gasteiger partial charge >= 0.3 is 0 Å². The monoisotopic (exact) mass is 261 g/mol. The van der Waals surface area contributed by atoms with Crippen LogP contribution in [0.25, 0.3) is 0 Å². The Morgan fingerprint density at radius 2 is 2.16 bits per heavy atom. The van der Waals surface area contributed by atoms with Crippen LogP contribution in [0.2, 0.25) is 0 Å². The molecule has 0 saturated carbocycles. The van der Waals surface area contributed by atoms with Gasteiger partial charge in [0.2, 0.25) is 0 Å². The lowest BCUT2D eigenvalue weighted by atomic mass is 10.2. The average molecular weight is 261 g/mol. The fraction of sp³-hybridized carbons (Fsp3) is 0.357. The molecule has 0 fully saturated rings. The van der Waals surface area contributed by atoms with Gasteiger partial charge in [-0.2, -0.15) is 5.10 Å². The van der Waals surface area contributed by atoms with E-state index in [4.69, 9.17) is 10.5 Å². The smallest absolute Gasteiger partial charge is 0.146 e. The van der Waals surface area contributed by atoms with Crippen LogP contribution in [0.15, 0.2) is 24.3 Å². The summed E-state index contributed by atoms with van der Waals surface area (Å²) in [6.45, 7) is 5.29. The molecule has 0 radical (unpaired) electrons. The molecule has 0 bridgehead atoms. The first-order chi connectivity index (χ1) is 9.15. The molecule has 1 aromatic heterocycles. The van der Waals surface area contributed by atoms with Crippen molar-refractivity contribution in [3.8, 4) is 11.5 Å². The number of ether oxygens (including phenoxy) is 1. The number of hydrogen-bond donors (Lipinski definition) is 2. The molecule has 1 aromatic carbocycles. The summed E-state index contributed by atoms with van der Waals surface area (Å²) in [5.74, 6) is 0.526. The van der Waals surface area contributed by atoms with Gasteiger partial charge in [0.1, 0.15) is 23.8 Å². The van der Waals surface area contributed by atoms with Crippen LogP contribution in [-0.4, -0.2) is 14.9 Å². The largest absolute Gasteiger partial charge is 0.506 e. The van der Waals surface area contributed by atoms with E-state index in [0.29, 0.717) is 12.4 Å². The summed E-state index contributed by atoms with van der Waals surface area (Å²) in [5.41, 5.74) is 8.06. The first kappa shape index (κ1) is 13.3. The molecule has 5 heteroatoms. The van der Waals surface area contributed by atoms with Crippen molar-refractivity contribution in [2.75, 3.05) is 5.73 Å². The van der Waals surface area contributed by atoms with Gasteiger partial charge in [-0.1, -0.05) is 13.0 Å². The van der Waals surface area contributed by atoms with Crippen LogP contribution < -0.4 is 10.5 Å². The Morgan fingerprint density at radius 1 is 1.37 bits per heavy atom. The van der Waals surface area contributed by atoms with E-state index >= 15 is 0 Å². The topological polar surface area (TPSA) is 73.3 Å². The van der Waals surface area contributed by atoms with E-state index in [2.05, 4.69) is 12.0 Å². The van der Waals surface area contributed by atoms with Gasteiger partial charge in [0.25, 0.3) is 0 Å². The maximum atomic E-state index is 9.52.